The maximum atomic E-state index is 13.9. The molecule has 0 spiro atoms. The number of sulfonamides is 1. The average Bonchev–Trinajstić information content (AvgIpc) is 3.50. The Kier molecular flexibility index (Phi) is 7.46. The number of thiazole rings is 1. The summed E-state index contributed by atoms with van der Waals surface area (Å²) in [5, 5.41) is 0.606. The maximum Gasteiger partial charge on any atom is 0.247 e. The first-order valence-electron chi connectivity index (χ1n) is 11.6. The van der Waals surface area contributed by atoms with E-state index in [-0.39, 0.29) is 10.8 Å². The van der Waals surface area contributed by atoms with Crippen LogP contribution < -0.4 is 9.64 Å². The Balaban J connectivity index is 1.68. The molecule has 0 bridgehead atoms. The van der Waals surface area contributed by atoms with Crippen LogP contribution in [-0.2, 0) is 14.8 Å². The van der Waals surface area contributed by atoms with E-state index in [1.165, 1.54) is 34.9 Å². The molecule has 0 radical (unpaired) electrons. The highest BCUT2D eigenvalue weighted by atomic mass is 32.2. The molecule has 3 aromatic rings. The minimum absolute atomic E-state index is 0.156. The quantitative estimate of drug-likeness (QED) is 0.454. The Hall–Kier alpha value is -2.53. The van der Waals surface area contributed by atoms with Crippen LogP contribution in [0.5, 0.6) is 5.75 Å². The number of hydrogen-bond donors (Lipinski definition) is 0. The van der Waals surface area contributed by atoms with Crippen molar-refractivity contribution in [1.82, 2.24) is 14.2 Å². The molecule has 1 atom stereocenters. The Morgan fingerprint density at radius 1 is 1.14 bits per heavy atom. The molecule has 1 saturated heterocycles. The normalized spacial score (nSPS) is 16.8. The molecule has 1 aliphatic heterocycles. The van der Waals surface area contributed by atoms with E-state index in [0.29, 0.717) is 43.4 Å². The lowest BCUT2D eigenvalue weighted by Gasteiger charge is -2.29. The van der Waals surface area contributed by atoms with Crippen molar-refractivity contribution in [2.75, 3.05) is 45.7 Å². The third kappa shape index (κ3) is 5.06. The molecule has 8 nitrogen and oxygen atoms in total. The first-order valence-corrected chi connectivity index (χ1v) is 13.9. The number of hydrogen-bond acceptors (Lipinski definition) is 7. The van der Waals surface area contributed by atoms with Gasteiger partial charge in [-0.15, -0.1) is 0 Å². The smallest absolute Gasteiger partial charge is 0.247 e. The second-order valence-corrected chi connectivity index (χ2v) is 12.0. The van der Waals surface area contributed by atoms with Gasteiger partial charge < -0.3 is 9.64 Å². The molecule has 2 heterocycles. The van der Waals surface area contributed by atoms with E-state index in [9.17, 15) is 13.2 Å². The van der Waals surface area contributed by atoms with Gasteiger partial charge >= 0.3 is 0 Å². The summed E-state index contributed by atoms with van der Waals surface area (Å²) in [4.78, 5) is 22.6. The topological polar surface area (TPSA) is 83.0 Å². The first-order chi connectivity index (χ1) is 16.6. The predicted octanol–water partition coefficient (Wildman–Crippen LogP) is 3.67. The van der Waals surface area contributed by atoms with Crippen molar-refractivity contribution in [2.45, 2.75) is 37.6 Å². The largest absolute Gasteiger partial charge is 0.497 e. The molecule has 1 amide bonds. The van der Waals surface area contributed by atoms with E-state index >= 15 is 0 Å². The van der Waals surface area contributed by atoms with Crippen molar-refractivity contribution >= 4 is 42.6 Å². The second-order valence-electron chi connectivity index (χ2n) is 9.09. The Morgan fingerprint density at radius 2 is 1.86 bits per heavy atom. The molecule has 4 rings (SSSR count). The van der Waals surface area contributed by atoms with E-state index in [1.807, 2.05) is 38.9 Å². The molecule has 0 aliphatic carbocycles. The summed E-state index contributed by atoms with van der Waals surface area (Å²) in [5.74, 6) is 0.351. The summed E-state index contributed by atoms with van der Waals surface area (Å²) in [6.07, 6.45) is 1.11. The zero-order valence-corrected chi connectivity index (χ0v) is 22.4. The van der Waals surface area contributed by atoms with Crippen LogP contribution in [0, 0.1) is 13.8 Å². The third-order valence-electron chi connectivity index (χ3n) is 6.50. The molecular formula is C25H32N4O4S2. The lowest BCUT2D eigenvalue weighted by molar-refractivity contribution is -0.121. The van der Waals surface area contributed by atoms with Crippen LogP contribution in [0.4, 0.5) is 5.13 Å². The molecule has 2 aromatic carbocycles. The van der Waals surface area contributed by atoms with Gasteiger partial charge in [0.05, 0.1) is 22.2 Å². The van der Waals surface area contributed by atoms with Crippen LogP contribution in [0.1, 0.15) is 24.0 Å². The van der Waals surface area contributed by atoms with Crippen LogP contribution in [0.2, 0.25) is 0 Å². The summed E-state index contributed by atoms with van der Waals surface area (Å²) in [6.45, 7) is 5.45. The summed E-state index contributed by atoms with van der Waals surface area (Å²) < 4.78 is 34.5. The van der Waals surface area contributed by atoms with Gasteiger partial charge in [0.25, 0.3) is 0 Å². The molecule has 0 saturated carbocycles. The van der Waals surface area contributed by atoms with Gasteiger partial charge in [0.2, 0.25) is 15.9 Å². The molecule has 10 heteroatoms. The fourth-order valence-corrected chi connectivity index (χ4v) is 6.97. The number of carbonyl (C=O) groups is 1. The lowest BCUT2D eigenvalue weighted by Crippen LogP contribution is -2.49. The van der Waals surface area contributed by atoms with E-state index in [0.717, 1.165) is 21.3 Å². The van der Waals surface area contributed by atoms with Gasteiger partial charge in [0.1, 0.15) is 11.8 Å². The molecule has 0 N–H and O–H groups in total. The number of anilines is 1. The van der Waals surface area contributed by atoms with Crippen molar-refractivity contribution in [3.8, 4) is 5.75 Å². The number of fused-ring (bicyclic) bond motifs is 1. The van der Waals surface area contributed by atoms with Gasteiger partial charge in [-0.1, -0.05) is 17.4 Å². The number of carbonyl (C=O) groups excluding carboxylic acids is 1. The van der Waals surface area contributed by atoms with E-state index in [1.54, 1.807) is 17.0 Å². The first kappa shape index (κ1) is 25.6. The molecule has 1 unspecified atom stereocenters. The van der Waals surface area contributed by atoms with Crippen LogP contribution in [0.15, 0.2) is 41.3 Å². The third-order valence-corrected chi connectivity index (χ3v) is 9.46. The number of aromatic nitrogens is 1. The van der Waals surface area contributed by atoms with E-state index in [2.05, 4.69) is 6.07 Å². The lowest BCUT2D eigenvalue weighted by atomic mass is 10.1. The van der Waals surface area contributed by atoms with E-state index < -0.39 is 16.1 Å². The van der Waals surface area contributed by atoms with Gasteiger partial charge in [0, 0.05) is 19.6 Å². The molecule has 1 aliphatic rings. The van der Waals surface area contributed by atoms with Gasteiger partial charge in [-0.2, -0.15) is 4.31 Å². The number of benzene rings is 2. The summed E-state index contributed by atoms with van der Waals surface area (Å²) in [5.41, 5.74) is 3.13. The predicted molar refractivity (Wildman–Crippen MR) is 140 cm³/mol. The van der Waals surface area contributed by atoms with Crippen molar-refractivity contribution in [3.05, 3.63) is 47.5 Å². The van der Waals surface area contributed by atoms with E-state index in [4.69, 9.17) is 9.72 Å². The summed E-state index contributed by atoms with van der Waals surface area (Å²) in [7, 11) is 1.59. The maximum absolute atomic E-state index is 13.9. The zero-order valence-electron chi connectivity index (χ0n) is 20.8. The van der Waals surface area contributed by atoms with Crippen molar-refractivity contribution in [2.24, 2.45) is 0 Å². The number of amides is 1. The number of nitrogens with zero attached hydrogens (tertiary/aromatic N) is 4. The zero-order chi connectivity index (χ0) is 25.3. The van der Waals surface area contributed by atoms with Crippen LogP contribution in [0.3, 0.4) is 0 Å². The van der Waals surface area contributed by atoms with Crippen molar-refractivity contribution in [3.63, 3.8) is 0 Å². The molecule has 1 fully saturated rings. The Morgan fingerprint density at radius 3 is 2.51 bits per heavy atom. The van der Waals surface area contributed by atoms with Gasteiger partial charge in [-0.3, -0.25) is 9.69 Å². The SMILES string of the molecule is COc1ccc(S(=O)(=O)N2CCCC2C(=O)N(CCN(C)C)c2nc3c(C)c(C)ccc3s2)cc1. The summed E-state index contributed by atoms with van der Waals surface area (Å²) in [6, 6.07) is 9.62. The van der Waals surface area contributed by atoms with Gasteiger partial charge in [-0.25, -0.2) is 13.4 Å². The monoisotopic (exact) mass is 516 g/mol. The fraction of sp³-hybridized carbons (Fsp3) is 0.440. The van der Waals surface area contributed by atoms with Crippen LogP contribution in [-0.4, -0.2) is 75.4 Å². The minimum Gasteiger partial charge on any atom is -0.497 e. The van der Waals surface area contributed by atoms with Crippen LogP contribution in [0.25, 0.3) is 10.2 Å². The standard InChI is InChI=1S/C25H32N4O4S2/c1-17-8-13-22-23(18(17)2)26-25(34-22)28(16-15-27(3)4)24(30)21-7-6-14-29(21)35(31,32)20-11-9-19(33-5)10-12-20/h8-13,21H,6-7,14-16H2,1-5H3. The second kappa shape index (κ2) is 10.2. The number of methoxy groups -OCH3 is 1. The number of likely N-dealkylation sites (N-methyl/N-ethyl adjacent to an activating group) is 1. The van der Waals surface area contributed by atoms with Crippen molar-refractivity contribution in [1.29, 1.82) is 0 Å². The molecule has 188 valence electrons. The Labute approximate surface area is 211 Å². The molecule has 1 aromatic heterocycles. The van der Waals surface area contributed by atoms with Gasteiger partial charge in [-0.05, 0) is 82.2 Å². The van der Waals surface area contributed by atoms with Gasteiger partial charge in [0.15, 0.2) is 5.13 Å². The number of rotatable bonds is 8. The highest BCUT2D eigenvalue weighted by Crippen LogP contribution is 2.34. The highest BCUT2D eigenvalue weighted by Gasteiger charge is 2.42. The molecule has 35 heavy (non-hydrogen) atoms. The average molecular weight is 517 g/mol. The summed E-state index contributed by atoms with van der Waals surface area (Å²) >= 11 is 1.47. The number of ether oxygens (including phenoxy) is 1. The molecular weight excluding hydrogens is 484 g/mol. The highest BCUT2D eigenvalue weighted by molar-refractivity contribution is 7.89. The van der Waals surface area contributed by atoms with Crippen LogP contribution >= 0.6 is 11.3 Å². The fourth-order valence-electron chi connectivity index (χ4n) is 4.27. The Bertz CT molecular complexity index is 1320. The number of aryl methyl sites for hydroxylation is 2. The van der Waals surface area contributed by atoms with Crippen molar-refractivity contribution < 1.29 is 17.9 Å². The minimum atomic E-state index is -3.84.